The molecule has 0 bridgehead atoms. The Kier molecular flexibility index (Phi) is 9.46. The number of hydrogen-bond acceptors (Lipinski definition) is 6. The number of amides is 1. The molecule has 224 valence electrons. The van der Waals surface area contributed by atoms with Crippen LogP contribution in [0.2, 0.25) is 5.02 Å². The van der Waals surface area contributed by atoms with Gasteiger partial charge in [0.2, 0.25) is 16.0 Å². The van der Waals surface area contributed by atoms with Gasteiger partial charge in [-0.3, -0.25) is 4.79 Å². The minimum absolute atomic E-state index is 0.0295. The molecule has 3 N–H and O–H groups in total. The molecule has 0 spiro atoms. The van der Waals surface area contributed by atoms with Crippen molar-refractivity contribution in [2.45, 2.75) is 38.5 Å². The smallest absolute Gasteiger partial charge is 0.272 e. The van der Waals surface area contributed by atoms with Crippen molar-refractivity contribution in [3.05, 3.63) is 75.2 Å². The van der Waals surface area contributed by atoms with Crippen molar-refractivity contribution >= 4 is 71.8 Å². The standard InChI is InChI=1S/C28H29BrClF2N5O4S/c1-28(2,3)42(39,40)33-14-16-5-10-20(30)21(11-16)35-27-36-22-12-19(26(38)34-18-8-6-17(29)7-9-18)24(41-15-25(31)32)13-23(22)37(27)4/h5-13,25,33H,14-15H2,1-4H3,(H,34,38)(H,35,36). The van der Waals surface area contributed by atoms with E-state index in [1.807, 2.05) is 0 Å². The molecule has 1 aromatic heterocycles. The van der Waals surface area contributed by atoms with Crippen LogP contribution in [-0.2, 0) is 23.6 Å². The molecule has 4 aromatic rings. The van der Waals surface area contributed by atoms with Crippen LogP contribution < -0.4 is 20.1 Å². The van der Waals surface area contributed by atoms with Crippen molar-refractivity contribution in [1.29, 1.82) is 0 Å². The van der Waals surface area contributed by atoms with Gasteiger partial charge < -0.3 is 19.9 Å². The van der Waals surface area contributed by atoms with Crippen molar-refractivity contribution in [2.75, 3.05) is 17.2 Å². The zero-order valence-corrected chi connectivity index (χ0v) is 26.3. The lowest BCUT2D eigenvalue weighted by molar-refractivity contribution is 0.0804. The van der Waals surface area contributed by atoms with Gasteiger partial charge in [-0.25, -0.2) is 26.9 Å². The summed E-state index contributed by atoms with van der Waals surface area (Å²) in [4.78, 5) is 17.7. The van der Waals surface area contributed by atoms with E-state index in [1.54, 1.807) is 74.9 Å². The maximum atomic E-state index is 13.2. The van der Waals surface area contributed by atoms with E-state index >= 15 is 0 Å². The molecule has 0 saturated carbocycles. The van der Waals surface area contributed by atoms with Crippen LogP contribution >= 0.6 is 27.5 Å². The highest BCUT2D eigenvalue weighted by Gasteiger charge is 2.28. The molecule has 3 aromatic carbocycles. The van der Waals surface area contributed by atoms with Gasteiger partial charge in [0, 0.05) is 29.8 Å². The number of aromatic nitrogens is 2. The fraction of sp³-hybridized carbons (Fsp3) is 0.286. The van der Waals surface area contributed by atoms with E-state index in [2.05, 4.69) is 36.3 Å². The number of aryl methyl sites for hydroxylation is 1. The van der Waals surface area contributed by atoms with Gasteiger partial charge >= 0.3 is 0 Å². The predicted octanol–water partition coefficient (Wildman–Crippen LogP) is 6.85. The lowest BCUT2D eigenvalue weighted by Crippen LogP contribution is -2.38. The second-order valence-electron chi connectivity index (χ2n) is 10.4. The topological polar surface area (TPSA) is 114 Å². The van der Waals surface area contributed by atoms with Crippen molar-refractivity contribution in [2.24, 2.45) is 7.05 Å². The lowest BCUT2D eigenvalue weighted by Gasteiger charge is -2.20. The van der Waals surface area contributed by atoms with E-state index in [-0.39, 0.29) is 17.9 Å². The summed E-state index contributed by atoms with van der Waals surface area (Å²) in [7, 11) is -1.86. The molecule has 0 aliphatic heterocycles. The summed E-state index contributed by atoms with van der Waals surface area (Å²) in [5.74, 6) is -0.250. The first-order chi connectivity index (χ1) is 19.6. The van der Waals surface area contributed by atoms with E-state index < -0.39 is 33.7 Å². The molecule has 0 aliphatic carbocycles. The molecule has 0 atom stereocenters. The Morgan fingerprint density at radius 2 is 1.81 bits per heavy atom. The number of rotatable bonds is 10. The fourth-order valence-corrected chi connectivity index (χ4v) is 5.02. The summed E-state index contributed by atoms with van der Waals surface area (Å²) in [6, 6.07) is 14.9. The number of nitrogens with one attached hydrogen (secondary N) is 3. The van der Waals surface area contributed by atoms with Gasteiger partial charge in [0.05, 0.1) is 32.1 Å². The number of carbonyl (C=O) groups excluding carboxylic acids is 1. The van der Waals surface area contributed by atoms with Crippen molar-refractivity contribution < 1.29 is 26.7 Å². The Morgan fingerprint density at radius 3 is 2.45 bits per heavy atom. The van der Waals surface area contributed by atoms with Crippen molar-refractivity contribution in [3.8, 4) is 5.75 Å². The van der Waals surface area contributed by atoms with Crippen LogP contribution in [0.4, 0.5) is 26.1 Å². The highest BCUT2D eigenvalue weighted by atomic mass is 79.9. The summed E-state index contributed by atoms with van der Waals surface area (Å²) in [5, 5.41) is 6.24. The number of alkyl halides is 2. The zero-order valence-electron chi connectivity index (χ0n) is 23.1. The number of halogens is 4. The summed E-state index contributed by atoms with van der Waals surface area (Å²) in [5.41, 5.74) is 2.56. The Labute approximate surface area is 255 Å². The Hall–Kier alpha value is -3.26. The Bertz CT molecular complexity index is 1730. The third-order valence-corrected chi connectivity index (χ3v) is 9.24. The number of anilines is 3. The third kappa shape index (κ3) is 7.38. The molecule has 9 nitrogen and oxygen atoms in total. The number of sulfonamides is 1. The SMILES string of the molecule is Cn1c(Nc2cc(CNS(=O)(=O)C(C)(C)C)ccc2Cl)nc2cc(C(=O)Nc3ccc(Br)cc3)c(OCC(F)F)cc21. The van der Waals surface area contributed by atoms with Gasteiger partial charge in [0.15, 0.2) is 0 Å². The molecule has 0 unspecified atom stereocenters. The van der Waals surface area contributed by atoms with Gasteiger partial charge in [-0.05, 0) is 68.8 Å². The van der Waals surface area contributed by atoms with Gasteiger partial charge in [0.25, 0.3) is 12.3 Å². The number of carbonyl (C=O) groups is 1. The van der Waals surface area contributed by atoms with Crippen LogP contribution in [0, 0.1) is 0 Å². The third-order valence-electron chi connectivity index (χ3n) is 6.24. The second kappa shape index (κ2) is 12.5. The first-order valence-electron chi connectivity index (χ1n) is 12.7. The van der Waals surface area contributed by atoms with E-state index in [9.17, 15) is 22.0 Å². The average molecular weight is 685 g/mol. The number of hydrogen-bond donors (Lipinski definition) is 3. The molecule has 14 heteroatoms. The number of imidazole rings is 1. The summed E-state index contributed by atoms with van der Waals surface area (Å²) < 4.78 is 60.4. The Morgan fingerprint density at radius 1 is 1.12 bits per heavy atom. The van der Waals surface area contributed by atoms with E-state index in [1.165, 1.54) is 12.1 Å². The number of ether oxygens (including phenoxy) is 1. The van der Waals surface area contributed by atoms with Crippen LogP contribution in [0.25, 0.3) is 11.0 Å². The average Bonchev–Trinajstić information content (AvgIpc) is 3.21. The van der Waals surface area contributed by atoms with Gasteiger partial charge in [-0.15, -0.1) is 0 Å². The minimum Gasteiger partial charge on any atom is -0.487 e. The van der Waals surface area contributed by atoms with Crippen LogP contribution in [0.3, 0.4) is 0 Å². The maximum absolute atomic E-state index is 13.2. The van der Waals surface area contributed by atoms with Crippen LogP contribution in [-0.4, -0.2) is 41.7 Å². The van der Waals surface area contributed by atoms with Gasteiger partial charge in [0.1, 0.15) is 12.4 Å². The first kappa shape index (κ1) is 31.7. The molecule has 1 amide bonds. The first-order valence-corrected chi connectivity index (χ1v) is 15.3. The number of nitrogens with zero attached hydrogens (tertiary/aromatic N) is 2. The molecule has 4 rings (SSSR count). The highest BCUT2D eigenvalue weighted by molar-refractivity contribution is 9.10. The van der Waals surface area contributed by atoms with Crippen molar-refractivity contribution in [1.82, 2.24) is 14.3 Å². The number of benzene rings is 3. The van der Waals surface area contributed by atoms with E-state index in [4.69, 9.17) is 16.3 Å². The number of fused-ring (bicyclic) bond motifs is 1. The largest absolute Gasteiger partial charge is 0.487 e. The monoisotopic (exact) mass is 683 g/mol. The zero-order chi connectivity index (χ0) is 30.8. The molecular weight excluding hydrogens is 656 g/mol. The van der Waals surface area contributed by atoms with E-state index in [0.29, 0.717) is 38.9 Å². The summed E-state index contributed by atoms with van der Waals surface area (Å²) in [6.07, 6.45) is -2.74. The van der Waals surface area contributed by atoms with Crippen LogP contribution in [0.1, 0.15) is 36.7 Å². The molecule has 0 radical (unpaired) electrons. The second-order valence-corrected chi connectivity index (χ2v) is 14.2. The molecule has 0 saturated heterocycles. The molecule has 42 heavy (non-hydrogen) atoms. The van der Waals surface area contributed by atoms with Crippen LogP contribution in [0.15, 0.2) is 59.1 Å². The summed E-state index contributed by atoms with van der Waals surface area (Å²) in [6.45, 7) is 3.98. The highest BCUT2D eigenvalue weighted by Crippen LogP contribution is 2.32. The molecular formula is C28H29BrClF2N5O4S. The van der Waals surface area contributed by atoms with Crippen LogP contribution in [0.5, 0.6) is 5.75 Å². The maximum Gasteiger partial charge on any atom is 0.272 e. The van der Waals surface area contributed by atoms with Gasteiger partial charge in [-0.2, -0.15) is 0 Å². The van der Waals surface area contributed by atoms with Gasteiger partial charge in [-0.1, -0.05) is 33.6 Å². The fourth-order valence-electron chi connectivity index (χ4n) is 3.81. The normalized spacial score (nSPS) is 12.1. The molecule has 0 fully saturated rings. The molecule has 1 heterocycles. The minimum atomic E-state index is -3.56. The predicted molar refractivity (Wildman–Crippen MR) is 165 cm³/mol. The van der Waals surface area contributed by atoms with Crippen molar-refractivity contribution in [3.63, 3.8) is 0 Å². The quantitative estimate of drug-likeness (QED) is 0.169. The van der Waals surface area contributed by atoms with E-state index in [0.717, 1.165) is 4.47 Å². The lowest BCUT2D eigenvalue weighted by atomic mass is 10.1. The summed E-state index contributed by atoms with van der Waals surface area (Å²) >= 11 is 9.76. The molecule has 0 aliphatic rings. The Balaban J connectivity index is 1.65.